The van der Waals surface area contributed by atoms with Crippen molar-refractivity contribution in [2.45, 2.75) is 84.4 Å². The topological polar surface area (TPSA) is 122 Å². The van der Waals surface area contributed by atoms with Crippen molar-refractivity contribution >= 4 is 34.7 Å². The molecular weight excluding hydrogens is 544 g/mol. The average molecular weight is 589 g/mol. The van der Waals surface area contributed by atoms with Crippen LogP contribution in [0.5, 0.6) is 11.5 Å². The van der Waals surface area contributed by atoms with Gasteiger partial charge in [-0.1, -0.05) is 33.8 Å². The van der Waals surface area contributed by atoms with Gasteiger partial charge in [0, 0.05) is 40.3 Å². The number of carbonyl (C=O) groups excluding carboxylic acids is 3. The highest BCUT2D eigenvalue weighted by molar-refractivity contribution is 7.84. The number of nitrogens with one attached hydrogen (secondary N) is 1. The van der Waals surface area contributed by atoms with E-state index >= 15 is 0 Å². The van der Waals surface area contributed by atoms with Crippen LogP contribution in [0.2, 0.25) is 0 Å². The number of carbonyl (C=O) groups is 3. The molecule has 226 valence electrons. The number of esters is 1. The summed E-state index contributed by atoms with van der Waals surface area (Å²) in [6.45, 7) is 8.97. The third-order valence-corrected chi connectivity index (χ3v) is 11.3. The van der Waals surface area contributed by atoms with Crippen LogP contribution in [0, 0.1) is 16.7 Å². The second kappa shape index (κ2) is 12.5. The Labute approximate surface area is 245 Å². The van der Waals surface area contributed by atoms with E-state index in [-0.39, 0.29) is 52.5 Å². The number of benzene rings is 1. The first-order valence-electron chi connectivity index (χ1n) is 14.6. The third-order valence-electron chi connectivity index (χ3n) is 9.98. The van der Waals surface area contributed by atoms with Crippen molar-refractivity contribution in [2.24, 2.45) is 16.7 Å². The molecule has 41 heavy (non-hydrogen) atoms. The SMILES string of the molecule is CCS(=O)CCC(NC(=O)/C=C/c1ccc(O)c(OC)c1)C(=O)N1CCCC1C(=O)OC1CC2CCC1(C)C2(C)C. The molecule has 2 amide bonds. The minimum Gasteiger partial charge on any atom is -0.504 e. The highest BCUT2D eigenvalue weighted by Gasteiger charge is 2.63. The Morgan fingerprint density at radius 3 is 2.63 bits per heavy atom. The van der Waals surface area contributed by atoms with Crippen LogP contribution in [0.4, 0.5) is 0 Å². The first kappa shape index (κ1) is 31.1. The highest BCUT2D eigenvalue weighted by Crippen LogP contribution is 2.66. The fourth-order valence-corrected chi connectivity index (χ4v) is 7.63. The van der Waals surface area contributed by atoms with E-state index in [1.807, 2.05) is 6.92 Å². The molecule has 0 spiro atoms. The molecule has 6 atom stereocenters. The van der Waals surface area contributed by atoms with Gasteiger partial charge in [-0.2, -0.15) is 0 Å². The minimum absolute atomic E-state index is 0.0133. The molecule has 1 aromatic carbocycles. The van der Waals surface area contributed by atoms with Gasteiger partial charge in [0.05, 0.1) is 7.11 Å². The molecule has 3 aliphatic rings. The number of likely N-dealkylation sites (tertiary alicyclic amines) is 1. The summed E-state index contributed by atoms with van der Waals surface area (Å²) in [5, 5.41) is 12.6. The summed E-state index contributed by atoms with van der Waals surface area (Å²) in [4.78, 5) is 41.6. The molecule has 2 bridgehead atoms. The van der Waals surface area contributed by atoms with Gasteiger partial charge in [-0.15, -0.1) is 0 Å². The average Bonchev–Trinajstić information content (AvgIpc) is 3.58. The third kappa shape index (κ3) is 6.32. The Hall–Kier alpha value is -2.88. The second-order valence-corrected chi connectivity index (χ2v) is 14.1. The van der Waals surface area contributed by atoms with Crippen molar-refractivity contribution in [3.05, 3.63) is 29.8 Å². The van der Waals surface area contributed by atoms with Crippen molar-refractivity contribution < 1.29 is 33.2 Å². The van der Waals surface area contributed by atoms with E-state index in [2.05, 4.69) is 26.1 Å². The van der Waals surface area contributed by atoms with Crippen molar-refractivity contribution in [1.82, 2.24) is 10.2 Å². The Morgan fingerprint density at radius 2 is 2.00 bits per heavy atom. The molecule has 1 saturated heterocycles. The van der Waals surface area contributed by atoms with Crippen LogP contribution in [0.25, 0.3) is 6.08 Å². The van der Waals surface area contributed by atoms with Gasteiger partial charge in [0.1, 0.15) is 18.2 Å². The van der Waals surface area contributed by atoms with E-state index in [9.17, 15) is 23.7 Å². The maximum absolute atomic E-state index is 13.8. The summed E-state index contributed by atoms with van der Waals surface area (Å²) in [5.74, 6) is 0.283. The fraction of sp³-hybridized carbons (Fsp3) is 0.645. The number of hydrogen-bond acceptors (Lipinski definition) is 7. The first-order chi connectivity index (χ1) is 19.4. The Kier molecular flexibility index (Phi) is 9.51. The van der Waals surface area contributed by atoms with E-state index in [0.717, 1.165) is 19.3 Å². The normalized spacial score (nSPS) is 28.0. The van der Waals surface area contributed by atoms with Gasteiger partial charge in [0.2, 0.25) is 11.8 Å². The largest absolute Gasteiger partial charge is 0.504 e. The van der Waals surface area contributed by atoms with E-state index < -0.39 is 28.8 Å². The zero-order valence-electron chi connectivity index (χ0n) is 24.8. The van der Waals surface area contributed by atoms with Crippen LogP contribution in [-0.4, -0.2) is 75.3 Å². The quantitative estimate of drug-likeness (QED) is 0.298. The molecule has 1 aromatic rings. The van der Waals surface area contributed by atoms with E-state index in [1.165, 1.54) is 24.2 Å². The van der Waals surface area contributed by atoms with Crippen molar-refractivity contribution in [3.63, 3.8) is 0 Å². The molecule has 0 aromatic heterocycles. The standard InChI is InChI=1S/C31H44N2O7S/c1-6-41(38)17-14-22(32-27(35)12-10-20-9-11-24(34)25(18-20)39-5)28(36)33-16-7-8-23(33)29(37)40-26-19-21-13-15-31(26,4)30(21,2)3/h9-12,18,21-23,26,34H,6-8,13-17,19H2,1-5H3,(H,32,35)/b12-10+. The van der Waals surface area contributed by atoms with Gasteiger partial charge < -0.3 is 24.8 Å². The highest BCUT2D eigenvalue weighted by atomic mass is 32.2. The molecule has 10 heteroatoms. The summed E-state index contributed by atoms with van der Waals surface area (Å²) in [5.41, 5.74) is 0.659. The number of amides is 2. The molecule has 4 rings (SSSR count). The molecule has 2 saturated carbocycles. The lowest BCUT2D eigenvalue weighted by molar-refractivity contribution is -0.165. The number of phenols is 1. The van der Waals surface area contributed by atoms with Gasteiger partial charge in [-0.3, -0.25) is 13.8 Å². The summed E-state index contributed by atoms with van der Waals surface area (Å²) in [6, 6.07) is 3.07. The van der Waals surface area contributed by atoms with Crippen LogP contribution in [0.15, 0.2) is 24.3 Å². The molecule has 2 N–H and O–H groups in total. The maximum Gasteiger partial charge on any atom is 0.329 e. The number of nitrogens with zero attached hydrogens (tertiary/aromatic N) is 1. The van der Waals surface area contributed by atoms with Crippen LogP contribution in [0.3, 0.4) is 0 Å². The predicted octanol–water partition coefficient (Wildman–Crippen LogP) is 3.81. The van der Waals surface area contributed by atoms with E-state index in [0.29, 0.717) is 36.6 Å². The molecule has 1 aliphatic heterocycles. The number of phenolic OH excluding ortho intramolecular Hbond substituents is 1. The van der Waals surface area contributed by atoms with Crippen LogP contribution < -0.4 is 10.1 Å². The van der Waals surface area contributed by atoms with E-state index in [1.54, 1.807) is 18.2 Å². The molecular formula is C31H44N2O7S. The van der Waals surface area contributed by atoms with Gasteiger partial charge in [0.25, 0.3) is 0 Å². The smallest absolute Gasteiger partial charge is 0.329 e. The van der Waals surface area contributed by atoms with Crippen molar-refractivity contribution in [3.8, 4) is 11.5 Å². The second-order valence-electron chi connectivity index (χ2n) is 12.3. The Balaban J connectivity index is 1.44. The predicted molar refractivity (Wildman–Crippen MR) is 158 cm³/mol. The number of methoxy groups -OCH3 is 1. The van der Waals surface area contributed by atoms with Crippen LogP contribution >= 0.6 is 0 Å². The number of hydrogen-bond donors (Lipinski definition) is 2. The Morgan fingerprint density at radius 1 is 1.24 bits per heavy atom. The molecule has 9 nitrogen and oxygen atoms in total. The maximum atomic E-state index is 13.8. The summed E-state index contributed by atoms with van der Waals surface area (Å²) in [6.07, 6.45) is 7.12. The van der Waals surface area contributed by atoms with Gasteiger partial charge in [-0.05, 0) is 73.6 Å². The number of aromatic hydroxyl groups is 1. The monoisotopic (exact) mass is 588 g/mol. The van der Waals surface area contributed by atoms with Gasteiger partial charge in [0.15, 0.2) is 11.5 Å². The van der Waals surface area contributed by atoms with Crippen molar-refractivity contribution in [1.29, 1.82) is 0 Å². The zero-order valence-corrected chi connectivity index (χ0v) is 25.6. The lowest BCUT2D eigenvalue weighted by atomic mass is 9.70. The lowest BCUT2D eigenvalue weighted by Gasteiger charge is -2.39. The fourth-order valence-electron chi connectivity index (χ4n) is 6.84. The minimum atomic E-state index is -1.12. The Bertz CT molecular complexity index is 1210. The molecule has 0 radical (unpaired) electrons. The van der Waals surface area contributed by atoms with Gasteiger partial charge >= 0.3 is 5.97 Å². The molecule has 3 fully saturated rings. The summed E-state index contributed by atoms with van der Waals surface area (Å²) in [7, 11) is 0.313. The molecule has 1 heterocycles. The molecule has 2 aliphatic carbocycles. The van der Waals surface area contributed by atoms with E-state index in [4.69, 9.17) is 9.47 Å². The number of rotatable bonds is 11. The summed E-state index contributed by atoms with van der Waals surface area (Å²) < 4.78 is 23.5. The van der Waals surface area contributed by atoms with Crippen molar-refractivity contribution in [2.75, 3.05) is 25.2 Å². The summed E-state index contributed by atoms with van der Waals surface area (Å²) >= 11 is 0. The first-order valence-corrected chi connectivity index (χ1v) is 16.1. The van der Waals surface area contributed by atoms with Crippen LogP contribution in [0.1, 0.15) is 71.8 Å². The number of fused-ring (bicyclic) bond motifs is 2. The van der Waals surface area contributed by atoms with Gasteiger partial charge in [-0.25, -0.2) is 4.79 Å². The molecule has 6 unspecified atom stereocenters. The van der Waals surface area contributed by atoms with Crippen LogP contribution in [-0.2, 0) is 29.9 Å². The number of ether oxygens (including phenoxy) is 2. The zero-order chi connectivity index (χ0) is 29.9. The lowest BCUT2D eigenvalue weighted by Crippen LogP contribution is -2.52.